The molecule has 1 nitrogen and oxygen atoms in total. The molecular formula is C10H15N. The SMILES string of the molecule is CC(C)=C1CCC[C@]1(C)C#N. The van der Waals surface area contributed by atoms with Gasteiger partial charge in [0, 0.05) is 0 Å². The van der Waals surface area contributed by atoms with Crippen LogP contribution in [0.15, 0.2) is 11.1 Å². The lowest BCUT2D eigenvalue weighted by molar-refractivity contribution is 0.542. The van der Waals surface area contributed by atoms with Gasteiger partial charge in [0.1, 0.15) is 0 Å². The van der Waals surface area contributed by atoms with E-state index in [0.717, 1.165) is 12.8 Å². The van der Waals surface area contributed by atoms with E-state index in [4.69, 9.17) is 5.26 Å². The first-order chi connectivity index (χ1) is 5.10. The van der Waals surface area contributed by atoms with Crippen molar-refractivity contribution < 1.29 is 0 Å². The van der Waals surface area contributed by atoms with E-state index >= 15 is 0 Å². The first kappa shape index (κ1) is 8.33. The second-order valence-electron chi connectivity index (χ2n) is 3.78. The van der Waals surface area contributed by atoms with Crippen molar-refractivity contribution in [3.63, 3.8) is 0 Å². The van der Waals surface area contributed by atoms with Crippen LogP contribution in [0.3, 0.4) is 0 Å². The van der Waals surface area contributed by atoms with Crippen LogP contribution >= 0.6 is 0 Å². The molecule has 0 aliphatic heterocycles. The zero-order valence-electron chi connectivity index (χ0n) is 7.57. The Bertz CT molecular complexity index is 228. The van der Waals surface area contributed by atoms with Gasteiger partial charge in [-0.05, 0) is 40.0 Å². The van der Waals surface area contributed by atoms with Crippen molar-refractivity contribution >= 4 is 0 Å². The Kier molecular flexibility index (Phi) is 2.04. The minimum absolute atomic E-state index is 0.140. The maximum absolute atomic E-state index is 8.96. The molecule has 1 rings (SSSR count). The Morgan fingerprint density at radius 1 is 1.55 bits per heavy atom. The summed E-state index contributed by atoms with van der Waals surface area (Å²) in [7, 11) is 0. The summed E-state index contributed by atoms with van der Waals surface area (Å²) >= 11 is 0. The van der Waals surface area contributed by atoms with E-state index in [9.17, 15) is 0 Å². The van der Waals surface area contributed by atoms with Gasteiger partial charge in [-0.1, -0.05) is 11.1 Å². The highest BCUT2D eigenvalue weighted by molar-refractivity contribution is 5.29. The van der Waals surface area contributed by atoms with E-state index in [1.807, 2.05) is 0 Å². The summed E-state index contributed by atoms with van der Waals surface area (Å²) in [6, 6.07) is 2.41. The molecule has 0 spiro atoms. The fraction of sp³-hybridized carbons (Fsp3) is 0.700. The van der Waals surface area contributed by atoms with Gasteiger partial charge in [0.05, 0.1) is 11.5 Å². The lowest BCUT2D eigenvalue weighted by Crippen LogP contribution is -2.10. The van der Waals surface area contributed by atoms with Crippen molar-refractivity contribution in [2.24, 2.45) is 5.41 Å². The highest BCUT2D eigenvalue weighted by Gasteiger charge is 2.33. The van der Waals surface area contributed by atoms with Crippen LogP contribution in [-0.2, 0) is 0 Å². The van der Waals surface area contributed by atoms with Gasteiger partial charge in [0.2, 0.25) is 0 Å². The highest BCUT2D eigenvalue weighted by Crippen LogP contribution is 2.43. The molecule has 0 heterocycles. The average molecular weight is 149 g/mol. The van der Waals surface area contributed by atoms with Crippen LogP contribution in [0.25, 0.3) is 0 Å². The van der Waals surface area contributed by atoms with Gasteiger partial charge in [0.15, 0.2) is 0 Å². The molecule has 0 amide bonds. The largest absolute Gasteiger partial charge is 0.197 e. The molecule has 0 bridgehead atoms. The molecule has 0 radical (unpaired) electrons. The van der Waals surface area contributed by atoms with E-state index in [1.165, 1.54) is 17.6 Å². The number of allylic oxidation sites excluding steroid dienone is 2. The summed E-state index contributed by atoms with van der Waals surface area (Å²) in [5.41, 5.74) is 2.57. The molecule has 0 aromatic carbocycles. The molecule has 0 N–H and O–H groups in total. The molecule has 0 saturated heterocycles. The molecule has 1 aliphatic rings. The van der Waals surface area contributed by atoms with Crippen LogP contribution in [-0.4, -0.2) is 0 Å². The third-order valence-electron chi connectivity index (χ3n) is 2.62. The molecule has 1 atom stereocenters. The Hall–Kier alpha value is -0.770. The lowest BCUT2D eigenvalue weighted by atomic mass is 9.84. The molecular weight excluding hydrogens is 134 g/mol. The second-order valence-corrected chi connectivity index (χ2v) is 3.78. The topological polar surface area (TPSA) is 23.8 Å². The van der Waals surface area contributed by atoms with Crippen molar-refractivity contribution in [3.05, 3.63) is 11.1 Å². The first-order valence-corrected chi connectivity index (χ1v) is 4.18. The van der Waals surface area contributed by atoms with E-state index in [1.54, 1.807) is 0 Å². The summed E-state index contributed by atoms with van der Waals surface area (Å²) in [6.45, 7) is 6.27. The molecule has 1 aliphatic carbocycles. The van der Waals surface area contributed by atoms with Crippen molar-refractivity contribution in [1.29, 1.82) is 5.26 Å². The van der Waals surface area contributed by atoms with Crippen LogP contribution in [0.4, 0.5) is 0 Å². The predicted octanol–water partition coefficient (Wildman–Crippen LogP) is 3.04. The van der Waals surface area contributed by atoms with Gasteiger partial charge in [-0.15, -0.1) is 0 Å². The number of hydrogen-bond acceptors (Lipinski definition) is 1. The average Bonchev–Trinajstić information content (AvgIpc) is 2.32. The van der Waals surface area contributed by atoms with Gasteiger partial charge in [0.25, 0.3) is 0 Å². The summed E-state index contributed by atoms with van der Waals surface area (Å²) < 4.78 is 0. The van der Waals surface area contributed by atoms with Gasteiger partial charge < -0.3 is 0 Å². The van der Waals surface area contributed by atoms with Crippen LogP contribution in [0.2, 0.25) is 0 Å². The third kappa shape index (κ3) is 1.30. The van der Waals surface area contributed by atoms with Gasteiger partial charge in [-0.2, -0.15) is 5.26 Å². The second kappa shape index (κ2) is 2.70. The molecule has 60 valence electrons. The minimum atomic E-state index is -0.140. The van der Waals surface area contributed by atoms with Gasteiger partial charge in [-0.3, -0.25) is 0 Å². The number of rotatable bonds is 0. The zero-order valence-corrected chi connectivity index (χ0v) is 7.57. The molecule has 1 heteroatoms. The van der Waals surface area contributed by atoms with Gasteiger partial charge >= 0.3 is 0 Å². The van der Waals surface area contributed by atoms with E-state index in [2.05, 4.69) is 26.8 Å². The maximum Gasteiger partial charge on any atom is 0.0757 e. The highest BCUT2D eigenvalue weighted by atomic mass is 14.4. The third-order valence-corrected chi connectivity index (χ3v) is 2.62. The van der Waals surface area contributed by atoms with E-state index in [-0.39, 0.29) is 5.41 Å². The van der Waals surface area contributed by atoms with Crippen LogP contribution < -0.4 is 0 Å². The molecule has 1 fully saturated rings. The monoisotopic (exact) mass is 149 g/mol. The molecule has 11 heavy (non-hydrogen) atoms. The Morgan fingerprint density at radius 3 is 2.55 bits per heavy atom. The first-order valence-electron chi connectivity index (χ1n) is 4.18. The smallest absolute Gasteiger partial charge is 0.0757 e. The molecule has 1 saturated carbocycles. The Labute approximate surface area is 68.7 Å². The van der Waals surface area contributed by atoms with Crippen molar-refractivity contribution in [1.82, 2.24) is 0 Å². The molecule has 0 aromatic rings. The molecule has 0 unspecified atom stereocenters. The van der Waals surface area contributed by atoms with Crippen LogP contribution in [0.5, 0.6) is 0 Å². The van der Waals surface area contributed by atoms with E-state index in [0.29, 0.717) is 0 Å². The molecule has 0 aromatic heterocycles. The van der Waals surface area contributed by atoms with Crippen LogP contribution in [0, 0.1) is 16.7 Å². The number of hydrogen-bond donors (Lipinski definition) is 0. The lowest BCUT2D eigenvalue weighted by Gasteiger charge is -2.17. The summed E-state index contributed by atoms with van der Waals surface area (Å²) in [5.74, 6) is 0. The fourth-order valence-electron chi connectivity index (χ4n) is 1.97. The zero-order chi connectivity index (χ0) is 8.48. The predicted molar refractivity (Wildman–Crippen MR) is 45.9 cm³/mol. The summed E-state index contributed by atoms with van der Waals surface area (Å²) in [5, 5.41) is 8.96. The van der Waals surface area contributed by atoms with Crippen LogP contribution in [0.1, 0.15) is 40.0 Å². The fourth-order valence-corrected chi connectivity index (χ4v) is 1.97. The maximum atomic E-state index is 8.96. The van der Waals surface area contributed by atoms with Crippen molar-refractivity contribution in [2.75, 3.05) is 0 Å². The number of nitrogens with zero attached hydrogens (tertiary/aromatic N) is 1. The standard InChI is InChI=1S/C10H15N/c1-8(2)9-5-4-6-10(9,3)7-11/h4-6H2,1-3H3/t10-/m1/s1. The van der Waals surface area contributed by atoms with Crippen molar-refractivity contribution in [2.45, 2.75) is 40.0 Å². The van der Waals surface area contributed by atoms with Crippen molar-refractivity contribution in [3.8, 4) is 6.07 Å². The summed E-state index contributed by atoms with van der Waals surface area (Å²) in [4.78, 5) is 0. The Balaban J connectivity index is 3.02. The minimum Gasteiger partial charge on any atom is -0.197 e. The number of nitriles is 1. The Morgan fingerprint density at radius 2 is 2.18 bits per heavy atom. The quantitative estimate of drug-likeness (QED) is 0.486. The normalized spacial score (nSPS) is 30.2. The van der Waals surface area contributed by atoms with Gasteiger partial charge in [-0.25, -0.2) is 0 Å². The van der Waals surface area contributed by atoms with E-state index < -0.39 is 0 Å². The summed E-state index contributed by atoms with van der Waals surface area (Å²) in [6.07, 6.45) is 3.36.